The van der Waals surface area contributed by atoms with Crippen molar-refractivity contribution in [3.05, 3.63) is 94.7 Å². The van der Waals surface area contributed by atoms with Gasteiger partial charge in [-0.05, 0) is 67.9 Å². The van der Waals surface area contributed by atoms with E-state index in [2.05, 4.69) is 10.3 Å². The van der Waals surface area contributed by atoms with E-state index in [0.29, 0.717) is 28.1 Å². The minimum atomic E-state index is -0.368. The summed E-state index contributed by atoms with van der Waals surface area (Å²) in [6.45, 7) is 4.02. The molecule has 2 heterocycles. The van der Waals surface area contributed by atoms with E-state index in [4.69, 9.17) is 0 Å². The van der Waals surface area contributed by atoms with Crippen LogP contribution in [-0.4, -0.2) is 22.7 Å². The van der Waals surface area contributed by atoms with Crippen molar-refractivity contribution in [2.24, 2.45) is 0 Å². The number of carbonyl (C=O) groups excluding carboxylic acids is 3. The average Bonchev–Trinajstić information content (AvgIpc) is 3.20. The Balaban J connectivity index is 1.43. The van der Waals surface area contributed by atoms with Crippen molar-refractivity contribution >= 4 is 40.0 Å². The first-order valence-corrected chi connectivity index (χ1v) is 9.92. The summed E-state index contributed by atoms with van der Waals surface area (Å²) >= 11 is 0. The Bertz CT molecular complexity index is 1370. The number of anilines is 2. The maximum absolute atomic E-state index is 12.8. The SMILES string of the molecule is Cc1[nH]c2ccc(C(=O)Nc3cccc(N4C(=O)c5ccccc5C4=O)c3)cc2c1C. The standard InChI is InChI=1S/C25H19N3O3/c1-14-15(2)26-22-11-10-16(12-21(14)22)23(29)27-17-6-5-7-18(13-17)28-24(30)19-8-3-4-9-20(19)25(28)31/h3-13,26H,1-2H3,(H,27,29). The van der Waals surface area contributed by atoms with Crippen LogP contribution in [0.15, 0.2) is 66.7 Å². The average molecular weight is 409 g/mol. The maximum atomic E-state index is 12.8. The number of aromatic nitrogens is 1. The number of nitrogens with zero attached hydrogens (tertiary/aromatic N) is 1. The maximum Gasteiger partial charge on any atom is 0.266 e. The Morgan fingerprint density at radius 3 is 2.29 bits per heavy atom. The quantitative estimate of drug-likeness (QED) is 0.475. The van der Waals surface area contributed by atoms with Gasteiger partial charge in [-0.15, -0.1) is 0 Å². The first-order valence-electron chi connectivity index (χ1n) is 9.92. The summed E-state index contributed by atoms with van der Waals surface area (Å²) in [6, 6.07) is 19.0. The van der Waals surface area contributed by atoms with E-state index >= 15 is 0 Å². The van der Waals surface area contributed by atoms with E-state index in [-0.39, 0.29) is 17.7 Å². The number of hydrogen-bond donors (Lipinski definition) is 2. The fourth-order valence-electron chi connectivity index (χ4n) is 3.95. The monoisotopic (exact) mass is 409 g/mol. The molecule has 0 saturated heterocycles. The number of aryl methyl sites for hydroxylation is 2. The van der Waals surface area contributed by atoms with Crippen LogP contribution in [0.25, 0.3) is 10.9 Å². The highest BCUT2D eigenvalue weighted by Crippen LogP contribution is 2.30. The van der Waals surface area contributed by atoms with E-state index in [1.807, 2.05) is 26.0 Å². The summed E-state index contributed by atoms with van der Waals surface area (Å²) in [5, 5.41) is 3.87. The molecular weight excluding hydrogens is 390 g/mol. The second-order valence-corrected chi connectivity index (χ2v) is 7.63. The van der Waals surface area contributed by atoms with Gasteiger partial charge in [0.1, 0.15) is 0 Å². The van der Waals surface area contributed by atoms with Crippen LogP contribution in [0.4, 0.5) is 11.4 Å². The number of fused-ring (bicyclic) bond motifs is 2. The number of H-pyrrole nitrogens is 1. The number of benzene rings is 3. The molecule has 0 atom stereocenters. The number of hydrogen-bond acceptors (Lipinski definition) is 3. The lowest BCUT2D eigenvalue weighted by Crippen LogP contribution is -2.29. The summed E-state index contributed by atoms with van der Waals surface area (Å²) in [4.78, 5) is 42.8. The first kappa shape index (κ1) is 18.8. The van der Waals surface area contributed by atoms with E-state index in [9.17, 15) is 14.4 Å². The van der Waals surface area contributed by atoms with Gasteiger partial charge in [0.15, 0.2) is 0 Å². The van der Waals surface area contributed by atoms with Crippen LogP contribution in [0.3, 0.4) is 0 Å². The minimum Gasteiger partial charge on any atom is -0.358 e. The molecule has 0 aliphatic carbocycles. The van der Waals surface area contributed by atoms with Crippen molar-refractivity contribution in [3.8, 4) is 0 Å². The largest absolute Gasteiger partial charge is 0.358 e. The van der Waals surface area contributed by atoms with Gasteiger partial charge in [-0.2, -0.15) is 0 Å². The summed E-state index contributed by atoms with van der Waals surface area (Å²) < 4.78 is 0. The normalized spacial score (nSPS) is 13.0. The molecule has 0 fully saturated rings. The van der Waals surface area contributed by atoms with Gasteiger partial charge in [-0.25, -0.2) is 4.90 Å². The van der Waals surface area contributed by atoms with Gasteiger partial charge in [-0.3, -0.25) is 14.4 Å². The molecule has 0 saturated carbocycles. The Morgan fingerprint density at radius 1 is 0.871 bits per heavy atom. The predicted molar refractivity (Wildman–Crippen MR) is 120 cm³/mol. The Kier molecular flexibility index (Phi) is 4.22. The summed E-state index contributed by atoms with van der Waals surface area (Å²) in [6.07, 6.45) is 0. The number of imide groups is 1. The summed E-state index contributed by atoms with van der Waals surface area (Å²) in [5.41, 5.74) is 5.37. The van der Waals surface area contributed by atoms with E-state index in [1.165, 1.54) is 0 Å². The zero-order chi connectivity index (χ0) is 21.7. The fraction of sp³-hybridized carbons (Fsp3) is 0.0800. The molecule has 152 valence electrons. The Morgan fingerprint density at radius 2 is 1.58 bits per heavy atom. The van der Waals surface area contributed by atoms with Gasteiger partial charge in [0.2, 0.25) is 0 Å². The Hall–Kier alpha value is -4.19. The highest BCUT2D eigenvalue weighted by molar-refractivity contribution is 6.34. The number of carbonyl (C=O) groups is 3. The zero-order valence-electron chi connectivity index (χ0n) is 17.0. The molecular formula is C25H19N3O3. The van der Waals surface area contributed by atoms with Crippen molar-refractivity contribution in [2.75, 3.05) is 10.2 Å². The summed E-state index contributed by atoms with van der Waals surface area (Å²) in [5.74, 6) is -1.000. The van der Waals surface area contributed by atoms with Crippen LogP contribution in [-0.2, 0) is 0 Å². The molecule has 3 amide bonds. The fourth-order valence-corrected chi connectivity index (χ4v) is 3.95. The molecule has 6 nitrogen and oxygen atoms in total. The van der Waals surface area contributed by atoms with Gasteiger partial charge in [0.25, 0.3) is 17.7 Å². The molecule has 1 aliphatic heterocycles. The van der Waals surface area contributed by atoms with Crippen LogP contribution < -0.4 is 10.2 Å². The van der Waals surface area contributed by atoms with Crippen molar-refractivity contribution < 1.29 is 14.4 Å². The van der Waals surface area contributed by atoms with Gasteiger partial charge in [0, 0.05) is 27.8 Å². The highest BCUT2D eigenvalue weighted by atomic mass is 16.2. The van der Waals surface area contributed by atoms with Crippen molar-refractivity contribution in [1.82, 2.24) is 4.98 Å². The van der Waals surface area contributed by atoms with Crippen LogP contribution in [0.2, 0.25) is 0 Å². The molecule has 0 spiro atoms. The molecule has 0 bridgehead atoms. The van der Waals surface area contributed by atoms with Gasteiger partial charge < -0.3 is 10.3 Å². The molecule has 1 aromatic heterocycles. The van der Waals surface area contributed by atoms with E-state index < -0.39 is 0 Å². The van der Waals surface area contributed by atoms with Crippen LogP contribution >= 0.6 is 0 Å². The van der Waals surface area contributed by atoms with E-state index in [1.54, 1.807) is 54.6 Å². The third kappa shape index (κ3) is 3.00. The highest BCUT2D eigenvalue weighted by Gasteiger charge is 2.36. The molecule has 2 N–H and O–H groups in total. The van der Waals surface area contributed by atoms with Gasteiger partial charge in [0.05, 0.1) is 16.8 Å². The topological polar surface area (TPSA) is 82.3 Å². The number of nitrogens with one attached hydrogen (secondary N) is 2. The second kappa shape index (κ2) is 6.95. The smallest absolute Gasteiger partial charge is 0.266 e. The van der Waals surface area contributed by atoms with Gasteiger partial charge >= 0.3 is 0 Å². The van der Waals surface area contributed by atoms with Crippen molar-refractivity contribution in [2.45, 2.75) is 13.8 Å². The molecule has 6 heteroatoms. The number of amides is 3. The molecule has 1 aliphatic rings. The molecule has 0 unspecified atom stereocenters. The van der Waals surface area contributed by atoms with Crippen molar-refractivity contribution in [3.63, 3.8) is 0 Å². The third-order valence-corrected chi connectivity index (χ3v) is 5.73. The summed E-state index contributed by atoms with van der Waals surface area (Å²) in [7, 11) is 0. The lowest BCUT2D eigenvalue weighted by atomic mass is 10.1. The number of aromatic amines is 1. The van der Waals surface area contributed by atoms with Crippen LogP contribution in [0.5, 0.6) is 0 Å². The first-order chi connectivity index (χ1) is 14.9. The predicted octanol–water partition coefficient (Wildman–Crippen LogP) is 4.84. The van der Waals surface area contributed by atoms with Gasteiger partial charge in [-0.1, -0.05) is 18.2 Å². The van der Waals surface area contributed by atoms with Crippen LogP contribution in [0, 0.1) is 13.8 Å². The van der Waals surface area contributed by atoms with Crippen molar-refractivity contribution in [1.29, 1.82) is 0 Å². The minimum absolute atomic E-state index is 0.264. The zero-order valence-corrected chi connectivity index (χ0v) is 17.0. The number of rotatable bonds is 3. The molecule has 0 radical (unpaired) electrons. The molecule has 31 heavy (non-hydrogen) atoms. The molecule has 5 rings (SSSR count). The van der Waals surface area contributed by atoms with Crippen LogP contribution in [0.1, 0.15) is 42.3 Å². The lowest BCUT2D eigenvalue weighted by Gasteiger charge is -2.15. The molecule has 3 aromatic carbocycles. The second-order valence-electron chi connectivity index (χ2n) is 7.63. The molecule has 4 aromatic rings. The Labute approximate surface area is 178 Å². The van der Waals surface area contributed by atoms with E-state index in [0.717, 1.165) is 27.1 Å². The lowest BCUT2D eigenvalue weighted by molar-refractivity contribution is 0.0925. The third-order valence-electron chi connectivity index (χ3n) is 5.73.